The lowest BCUT2D eigenvalue weighted by atomic mass is 10.2. The van der Waals surface area contributed by atoms with Crippen LogP contribution in [0.15, 0.2) is 92.1 Å². The molecule has 184 valence electrons. The van der Waals surface area contributed by atoms with Gasteiger partial charge in [0.15, 0.2) is 29.8 Å². The Labute approximate surface area is 216 Å². The summed E-state index contributed by atoms with van der Waals surface area (Å²) in [5.41, 5.74) is 2.36. The summed E-state index contributed by atoms with van der Waals surface area (Å²) in [6, 6.07) is 20.8. The number of hydrogen-bond acceptors (Lipinski definition) is 9. The molecule has 0 aliphatic carbocycles. The third-order valence-corrected chi connectivity index (χ3v) is 10.1. The highest BCUT2D eigenvalue weighted by molar-refractivity contribution is 8.01. The second kappa shape index (κ2) is 9.43. The van der Waals surface area contributed by atoms with E-state index in [2.05, 4.69) is 15.2 Å². The Bertz CT molecular complexity index is 1780. The fourth-order valence-corrected chi connectivity index (χ4v) is 7.58. The highest BCUT2D eigenvalue weighted by Crippen LogP contribution is 2.36. The first kappa shape index (κ1) is 24.6. The van der Waals surface area contributed by atoms with Crippen molar-refractivity contribution in [3.8, 4) is 5.69 Å². The van der Waals surface area contributed by atoms with Crippen LogP contribution in [-0.2, 0) is 25.4 Å². The molecule has 0 N–H and O–H groups in total. The van der Waals surface area contributed by atoms with Crippen molar-refractivity contribution < 1.29 is 16.8 Å². The van der Waals surface area contributed by atoms with E-state index in [0.717, 1.165) is 16.0 Å². The van der Waals surface area contributed by atoms with Gasteiger partial charge in [-0.1, -0.05) is 35.9 Å². The van der Waals surface area contributed by atoms with Gasteiger partial charge in [0.2, 0.25) is 5.16 Å². The summed E-state index contributed by atoms with van der Waals surface area (Å²) in [7, 11) is -7.00. The number of rotatable bonds is 7. The number of sulfone groups is 2. The van der Waals surface area contributed by atoms with Crippen LogP contribution in [0.5, 0.6) is 0 Å². The largest absolute Gasteiger partial charge is 0.273 e. The molecular weight excluding hydrogens is 537 g/mol. The van der Waals surface area contributed by atoms with Gasteiger partial charge in [-0.25, -0.2) is 21.8 Å². The second-order valence-corrected chi connectivity index (χ2v) is 14.4. The minimum Gasteiger partial charge on any atom is -0.273 e. The van der Waals surface area contributed by atoms with Crippen molar-refractivity contribution in [1.82, 2.24) is 19.7 Å². The van der Waals surface area contributed by atoms with Gasteiger partial charge in [0.05, 0.1) is 20.0 Å². The molecule has 0 atom stereocenters. The molecule has 0 aliphatic heterocycles. The van der Waals surface area contributed by atoms with Gasteiger partial charge in [-0.2, -0.15) is 0 Å². The number of aromatic nitrogens is 4. The fraction of sp³-hybridized carbons (Fsp3) is 0.125. The number of aryl methyl sites for hydroxylation is 1. The van der Waals surface area contributed by atoms with E-state index in [0.29, 0.717) is 15.0 Å². The Morgan fingerprint density at radius 2 is 1.58 bits per heavy atom. The predicted molar refractivity (Wildman–Crippen MR) is 140 cm³/mol. The van der Waals surface area contributed by atoms with E-state index in [-0.39, 0.29) is 21.4 Å². The number of hydrogen-bond donors (Lipinski definition) is 0. The number of thiazole rings is 1. The van der Waals surface area contributed by atoms with Crippen LogP contribution in [-0.4, -0.2) is 42.8 Å². The van der Waals surface area contributed by atoms with Crippen molar-refractivity contribution >= 4 is 53.0 Å². The Morgan fingerprint density at radius 3 is 2.28 bits per heavy atom. The SMILES string of the molecule is Cc1ccc(S(=O)(=O)Cc2nnc(Sc3nc4ccc(S(C)(=O)=O)cc4s3)n2-c2ccccc2)cc1. The van der Waals surface area contributed by atoms with Crippen molar-refractivity contribution in [2.75, 3.05) is 6.26 Å². The van der Waals surface area contributed by atoms with Gasteiger partial charge in [-0.3, -0.25) is 4.57 Å². The predicted octanol–water partition coefficient (Wildman–Crippen LogP) is 4.71. The summed E-state index contributed by atoms with van der Waals surface area (Å²) in [6.07, 6.45) is 1.17. The van der Waals surface area contributed by atoms with Crippen LogP contribution in [0.2, 0.25) is 0 Å². The molecule has 0 aliphatic rings. The van der Waals surface area contributed by atoms with Crippen LogP contribution in [0.3, 0.4) is 0 Å². The lowest BCUT2D eigenvalue weighted by Gasteiger charge is -2.10. The van der Waals surface area contributed by atoms with Gasteiger partial charge < -0.3 is 0 Å². The topological polar surface area (TPSA) is 112 Å². The van der Waals surface area contributed by atoms with Gasteiger partial charge in [-0.15, -0.1) is 21.5 Å². The zero-order chi connectivity index (χ0) is 25.5. The third kappa shape index (κ3) is 5.07. The van der Waals surface area contributed by atoms with E-state index in [1.165, 1.54) is 35.4 Å². The molecule has 0 saturated carbocycles. The standard InChI is InChI=1S/C24H20N4O4S4/c1-16-8-10-18(11-9-16)36(31,32)15-22-26-27-23(28(22)17-6-4-3-5-7-17)34-24-25-20-13-12-19(35(2,29)30)14-21(20)33-24/h3-14H,15H2,1-2H3. The molecular formula is C24H20N4O4S4. The van der Waals surface area contributed by atoms with Crippen LogP contribution >= 0.6 is 23.1 Å². The number of fused-ring (bicyclic) bond motifs is 1. The van der Waals surface area contributed by atoms with Gasteiger partial charge in [0, 0.05) is 11.9 Å². The molecule has 2 heterocycles. The summed E-state index contributed by atoms with van der Waals surface area (Å²) in [4.78, 5) is 5.04. The van der Waals surface area contributed by atoms with Crippen LogP contribution < -0.4 is 0 Å². The molecule has 0 fully saturated rings. The minimum absolute atomic E-state index is 0.220. The Hall–Kier alpha value is -3.06. The molecule has 8 nitrogen and oxygen atoms in total. The smallest absolute Gasteiger partial charge is 0.202 e. The van der Waals surface area contributed by atoms with Gasteiger partial charge in [-0.05, 0) is 61.2 Å². The van der Waals surface area contributed by atoms with Crippen LogP contribution in [0, 0.1) is 6.92 Å². The Balaban J connectivity index is 1.53. The maximum absolute atomic E-state index is 13.1. The summed E-state index contributed by atoms with van der Waals surface area (Å²) < 4.78 is 53.2. The lowest BCUT2D eigenvalue weighted by Crippen LogP contribution is -2.11. The molecule has 0 saturated heterocycles. The third-order valence-electron chi connectivity index (χ3n) is 5.36. The zero-order valence-electron chi connectivity index (χ0n) is 19.2. The summed E-state index contributed by atoms with van der Waals surface area (Å²) in [5.74, 6) is -0.0412. The minimum atomic E-state index is -3.66. The number of nitrogens with zero attached hydrogens (tertiary/aromatic N) is 4. The van der Waals surface area contributed by atoms with E-state index in [4.69, 9.17) is 0 Å². The van der Waals surface area contributed by atoms with Crippen molar-refractivity contribution in [3.63, 3.8) is 0 Å². The Kier molecular flexibility index (Phi) is 6.45. The number of para-hydroxylation sites is 1. The zero-order valence-corrected chi connectivity index (χ0v) is 22.5. The monoisotopic (exact) mass is 556 g/mol. The summed E-state index contributed by atoms with van der Waals surface area (Å²) in [6.45, 7) is 1.90. The molecule has 5 rings (SSSR count). The lowest BCUT2D eigenvalue weighted by molar-refractivity contribution is 0.592. The van der Waals surface area contributed by atoms with Crippen molar-refractivity contribution in [1.29, 1.82) is 0 Å². The fourth-order valence-electron chi connectivity index (χ4n) is 3.53. The maximum atomic E-state index is 13.1. The van der Waals surface area contributed by atoms with Crippen LogP contribution in [0.4, 0.5) is 0 Å². The molecule has 0 unspecified atom stereocenters. The quantitative estimate of drug-likeness (QED) is 0.283. The highest BCUT2D eigenvalue weighted by atomic mass is 32.2. The molecule has 0 bridgehead atoms. The molecule has 2 aromatic heterocycles. The molecule has 5 aromatic rings. The normalized spacial score (nSPS) is 12.3. The van der Waals surface area contributed by atoms with E-state index >= 15 is 0 Å². The molecule has 3 aromatic carbocycles. The summed E-state index contributed by atoms with van der Waals surface area (Å²) in [5, 5.41) is 8.97. The molecule has 36 heavy (non-hydrogen) atoms. The number of benzene rings is 3. The average molecular weight is 557 g/mol. The van der Waals surface area contributed by atoms with Crippen molar-refractivity contribution in [2.45, 2.75) is 32.0 Å². The van der Waals surface area contributed by atoms with Crippen LogP contribution in [0.1, 0.15) is 11.4 Å². The molecule has 12 heteroatoms. The molecule has 0 amide bonds. The first-order chi connectivity index (χ1) is 17.1. The van der Waals surface area contributed by atoms with Gasteiger partial charge >= 0.3 is 0 Å². The van der Waals surface area contributed by atoms with E-state index in [1.54, 1.807) is 41.0 Å². The van der Waals surface area contributed by atoms with Gasteiger partial charge in [0.1, 0.15) is 5.75 Å². The van der Waals surface area contributed by atoms with Crippen molar-refractivity contribution in [2.24, 2.45) is 0 Å². The first-order valence-corrected chi connectivity index (χ1v) is 15.9. The van der Waals surface area contributed by atoms with E-state index in [1.807, 2.05) is 37.3 Å². The van der Waals surface area contributed by atoms with Gasteiger partial charge in [0.25, 0.3) is 0 Å². The second-order valence-electron chi connectivity index (χ2n) is 8.13. The average Bonchev–Trinajstić information content (AvgIpc) is 3.41. The van der Waals surface area contributed by atoms with E-state index < -0.39 is 19.7 Å². The molecule has 0 radical (unpaired) electrons. The van der Waals surface area contributed by atoms with E-state index in [9.17, 15) is 16.8 Å². The van der Waals surface area contributed by atoms with Crippen LogP contribution in [0.25, 0.3) is 15.9 Å². The highest BCUT2D eigenvalue weighted by Gasteiger charge is 2.23. The van der Waals surface area contributed by atoms with Crippen molar-refractivity contribution in [3.05, 3.63) is 84.2 Å². The summed E-state index contributed by atoms with van der Waals surface area (Å²) >= 11 is 2.58. The maximum Gasteiger partial charge on any atom is 0.202 e. The first-order valence-electron chi connectivity index (χ1n) is 10.7. The Morgan fingerprint density at radius 1 is 0.889 bits per heavy atom. The molecule has 0 spiro atoms.